The van der Waals surface area contributed by atoms with Crippen LogP contribution in [0, 0.1) is 0 Å². The molecule has 134 valence electrons. The second-order valence-corrected chi connectivity index (χ2v) is 6.99. The third-order valence-electron chi connectivity index (χ3n) is 3.56. The molecule has 0 aliphatic heterocycles. The van der Waals surface area contributed by atoms with E-state index in [2.05, 4.69) is 22.4 Å². The van der Waals surface area contributed by atoms with Gasteiger partial charge in [-0.3, -0.25) is 10.1 Å². The summed E-state index contributed by atoms with van der Waals surface area (Å²) < 4.78 is 10.7. The summed E-state index contributed by atoms with van der Waals surface area (Å²) >= 11 is 3.08. The molecule has 1 amide bonds. The van der Waals surface area contributed by atoms with Gasteiger partial charge in [0.1, 0.15) is 0 Å². The maximum atomic E-state index is 12.1. The Kier molecular flexibility index (Phi) is 6.14. The lowest BCUT2D eigenvalue weighted by Gasteiger charge is -2.09. The van der Waals surface area contributed by atoms with E-state index in [1.165, 1.54) is 16.2 Å². The molecule has 26 heavy (non-hydrogen) atoms. The molecule has 0 aliphatic carbocycles. The number of hydrogen-bond donors (Lipinski definition) is 1. The van der Waals surface area contributed by atoms with Crippen LogP contribution in [-0.4, -0.2) is 30.9 Å². The Hall–Kier alpha value is -2.51. The zero-order chi connectivity index (χ0) is 18.4. The standard InChI is InChI=1S/C19H18N2O3S2/c1-23-16-5-3-4-6-17(16)24-11-18(22)21-19-20-15(12-26-19)13-7-9-14(25-2)10-8-13/h3-10,12H,11H2,1-2H3,(H,20,21,22). The quantitative estimate of drug-likeness (QED) is 0.603. The molecule has 0 atom stereocenters. The first-order valence-electron chi connectivity index (χ1n) is 7.85. The lowest BCUT2D eigenvalue weighted by molar-refractivity contribution is -0.118. The van der Waals surface area contributed by atoms with Gasteiger partial charge in [-0.25, -0.2) is 4.98 Å². The molecule has 0 spiro atoms. The van der Waals surface area contributed by atoms with E-state index in [0.29, 0.717) is 16.6 Å². The molecule has 3 aromatic rings. The summed E-state index contributed by atoms with van der Waals surface area (Å²) in [4.78, 5) is 17.8. The molecule has 1 N–H and O–H groups in total. The molecular weight excluding hydrogens is 368 g/mol. The summed E-state index contributed by atoms with van der Waals surface area (Å²) in [5.41, 5.74) is 1.86. The number of anilines is 1. The van der Waals surface area contributed by atoms with Crippen molar-refractivity contribution in [3.05, 3.63) is 53.9 Å². The smallest absolute Gasteiger partial charge is 0.264 e. The Morgan fingerprint density at radius 3 is 2.58 bits per heavy atom. The first-order chi connectivity index (χ1) is 12.7. The molecule has 5 nitrogen and oxygen atoms in total. The van der Waals surface area contributed by atoms with Gasteiger partial charge in [0.25, 0.3) is 5.91 Å². The van der Waals surface area contributed by atoms with Crippen molar-refractivity contribution in [1.82, 2.24) is 4.98 Å². The van der Waals surface area contributed by atoms with E-state index in [9.17, 15) is 4.79 Å². The number of hydrogen-bond acceptors (Lipinski definition) is 6. The van der Waals surface area contributed by atoms with Gasteiger partial charge < -0.3 is 9.47 Å². The van der Waals surface area contributed by atoms with E-state index in [0.717, 1.165) is 11.3 Å². The summed E-state index contributed by atoms with van der Waals surface area (Å²) in [6.07, 6.45) is 2.04. The van der Waals surface area contributed by atoms with Gasteiger partial charge in [0.15, 0.2) is 23.2 Å². The third kappa shape index (κ3) is 4.56. The molecular formula is C19H18N2O3S2. The zero-order valence-corrected chi connectivity index (χ0v) is 16.0. The van der Waals surface area contributed by atoms with Crippen LogP contribution in [0.5, 0.6) is 11.5 Å². The molecule has 0 bridgehead atoms. The largest absolute Gasteiger partial charge is 0.493 e. The van der Waals surface area contributed by atoms with Crippen molar-refractivity contribution in [3.8, 4) is 22.8 Å². The van der Waals surface area contributed by atoms with Crippen LogP contribution in [0.1, 0.15) is 0 Å². The topological polar surface area (TPSA) is 60.5 Å². The minimum absolute atomic E-state index is 0.113. The zero-order valence-electron chi connectivity index (χ0n) is 14.4. The number of benzene rings is 2. The summed E-state index contributed by atoms with van der Waals surface area (Å²) in [6.45, 7) is -0.113. The summed E-state index contributed by atoms with van der Waals surface area (Å²) in [6, 6.07) is 15.4. The SMILES string of the molecule is COc1ccccc1OCC(=O)Nc1nc(-c2ccc(SC)cc2)cs1. The highest BCUT2D eigenvalue weighted by atomic mass is 32.2. The lowest BCUT2D eigenvalue weighted by Crippen LogP contribution is -2.20. The molecule has 3 rings (SSSR count). The first-order valence-corrected chi connectivity index (χ1v) is 9.95. The van der Waals surface area contributed by atoms with E-state index in [1.54, 1.807) is 31.0 Å². The summed E-state index contributed by atoms with van der Waals surface area (Å²) in [5.74, 6) is 0.846. The second kappa shape index (κ2) is 8.73. The van der Waals surface area contributed by atoms with Crippen LogP contribution in [0.4, 0.5) is 5.13 Å². The van der Waals surface area contributed by atoms with E-state index < -0.39 is 0 Å². The molecule has 1 heterocycles. The van der Waals surface area contributed by atoms with Gasteiger partial charge in [0, 0.05) is 15.8 Å². The number of nitrogens with zero attached hydrogens (tertiary/aromatic N) is 1. The van der Waals surface area contributed by atoms with Gasteiger partial charge in [-0.05, 0) is 30.5 Å². The van der Waals surface area contributed by atoms with E-state index in [-0.39, 0.29) is 12.5 Å². The van der Waals surface area contributed by atoms with Gasteiger partial charge in [-0.2, -0.15) is 0 Å². The van der Waals surface area contributed by atoms with E-state index >= 15 is 0 Å². The Balaban J connectivity index is 1.59. The number of aromatic nitrogens is 1. The van der Waals surface area contributed by atoms with Crippen LogP contribution in [0.25, 0.3) is 11.3 Å². The minimum atomic E-state index is -0.269. The number of amides is 1. The van der Waals surface area contributed by atoms with E-state index in [1.807, 2.05) is 35.9 Å². The van der Waals surface area contributed by atoms with E-state index in [4.69, 9.17) is 9.47 Å². The minimum Gasteiger partial charge on any atom is -0.493 e. The maximum absolute atomic E-state index is 12.1. The second-order valence-electron chi connectivity index (χ2n) is 5.25. The average Bonchev–Trinajstić information content (AvgIpc) is 3.15. The van der Waals surface area contributed by atoms with Gasteiger partial charge >= 0.3 is 0 Å². The van der Waals surface area contributed by atoms with Gasteiger partial charge in [0.05, 0.1) is 12.8 Å². The number of rotatable bonds is 7. The number of carbonyl (C=O) groups is 1. The predicted octanol–water partition coefficient (Wildman–Crippen LogP) is 4.56. The Labute approximate surface area is 160 Å². The highest BCUT2D eigenvalue weighted by Gasteiger charge is 2.10. The molecule has 2 aromatic carbocycles. The number of ether oxygens (including phenoxy) is 2. The van der Waals surface area contributed by atoms with Crippen molar-refractivity contribution < 1.29 is 14.3 Å². The molecule has 0 saturated heterocycles. The number of carbonyl (C=O) groups excluding carboxylic acids is 1. The number of methoxy groups -OCH3 is 1. The van der Waals surface area contributed by atoms with Gasteiger partial charge in [-0.15, -0.1) is 23.1 Å². The molecule has 1 aromatic heterocycles. The Bertz CT molecular complexity index is 879. The fourth-order valence-electron chi connectivity index (χ4n) is 2.26. The van der Waals surface area contributed by atoms with Crippen LogP contribution in [0.2, 0.25) is 0 Å². The van der Waals surface area contributed by atoms with Crippen molar-refractivity contribution in [2.24, 2.45) is 0 Å². The van der Waals surface area contributed by atoms with Crippen molar-refractivity contribution in [2.45, 2.75) is 4.90 Å². The number of para-hydroxylation sites is 2. The molecule has 0 unspecified atom stereocenters. The molecule has 0 fully saturated rings. The molecule has 0 aliphatic rings. The summed E-state index contributed by atoms with van der Waals surface area (Å²) in [5, 5.41) is 5.23. The van der Waals surface area contributed by atoms with Crippen molar-refractivity contribution in [3.63, 3.8) is 0 Å². The fourth-order valence-corrected chi connectivity index (χ4v) is 3.41. The lowest BCUT2D eigenvalue weighted by atomic mass is 10.2. The fraction of sp³-hybridized carbons (Fsp3) is 0.158. The molecule has 0 saturated carbocycles. The highest BCUT2D eigenvalue weighted by molar-refractivity contribution is 7.98. The van der Waals surface area contributed by atoms with Crippen LogP contribution < -0.4 is 14.8 Å². The number of nitrogens with one attached hydrogen (secondary N) is 1. The number of thioether (sulfide) groups is 1. The van der Waals surface area contributed by atoms with Crippen LogP contribution in [0.15, 0.2) is 58.8 Å². The predicted molar refractivity (Wildman–Crippen MR) is 106 cm³/mol. The summed E-state index contributed by atoms with van der Waals surface area (Å²) in [7, 11) is 1.56. The Morgan fingerprint density at radius 1 is 1.15 bits per heavy atom. The van der Waals surface area contributed by atoms with Gasteiger partial charge in [-0.1, -0.05) is 24.3 Å². The van der Waals surface area contributed by atoms with Crippen LogP contribution in [-0.2, 0) is 4.79 Å². The Morgan fingerprint density at radius 2 is 1.88 bits per heavy atom. The maximum Gasteiger partial charge on any atom is 0.264 e. The van der Waals surface area contributed by atoms with Crippen molar-refractivity contribution >= 4 is 34.1 Å². The van der Waals surface area contributed by atoms with Crippen molar-refractivity contribution in [2.75, 3.05) is 25.3 Å². The third-order valence-corrected chi connectivity index (χ3v) is 5.07. The van der Waals surface area contributed by atoms with Crippen LogP contribution >= 0.6 is 23.1 Å². The normalized spacial score (nSPS) is 10.4. The van der Waals surface area contributed by atoms with Crippen LogP contribution in [0.3, 0.4) is 0 Å². The van der Waals surface area contributed by atoms with Crippen molar-refractivity contribution in [1.29, 1.82) is 0 Å². The number of thiazole rings is 1. The van der Waals surface area contributed by atoms with Gasteiger partial charge in [0.2, 0.25) is 0 Å². The average molecular weight is 386 g/mol. The first kappa shape index (κ1) is 18.3. The molecule has 0 radical (unpaired) electrons. The molecule has 7 heteroatoms. The highest BCUT2D eigenvalue weighted by Crippen LogP contribution is 2.27. The monoisotopic (exact) mass is 386 g/mol.